The van der Waals surface area contributed by atoms with Gasteiger partial charge in [-0.15, -0.1) is 0 Å². The van der Waals surface area contributed by atoms with Crippen LogP contribution in [-0.2, 0) is 9.53 Å². The van der Waals surface area contributed by atoms with Gasteiger partial charge in [0.1, 0.15) is 5.75 Å². The van der Waals surface area contributed by atoms with Crippen molar-refractivity contribution < 1.29 is 19.1 Å². The van der Waals surface area contributed by atoms with Crippen molar-refractivity contribution in [2.24, 2.45) is 5.92 Å². The molecule has 1 aromatic carbocycles. The number of carbonyl (C=O) groups excluding carboxylic acids is 2. The van der Waals surface area contributed by atoms with E-state index >= 15 is 0 Å². The lowest BCUT2D eigenvalue weighted by atomic mass is 10.1. The summed E-state index contributed by atoms with van der Waals surface area (Å²) in [5.41, 5.74) is 0.891. The molecule has 0 aliphatic heterocycles. The molecule has 20 heavy (non-hydrogen) atoms. The molecule has 5 heteroatoms. The van der Waals surface area contributed by atoms with E-state index in [1.807, 2.05) is 0 Å². The van der Waals surface area contributed by atoms with Crippen LogP contribution in [0.4, 0.5) is 5.69 Å². The molecule has 0 unspecified atom stereocenters. The number of amides is 1. The van der Waals surface area contributed by atoms with Crippen LogP contribution in [0.3, 0.4) is 0 Å². The van der Waals surface area contributed by atoms with E-state index in [4.69, 9.17) is 4.74 Å². The van der Waals surface area contributed by atoms with E-state index < -0.39 is 5.97 Å². The number of methoxy groups -OCH3 is 2. The summed E-state index contributed by atoms with van der Waals surface area (Å²) < 4.78 is 9.89. The molecule has 1 aliphatic rings. The maximum absolute atomic E-state index is 12.2. The third kappa shape index (κ3) is 3.10. The predicted molar refractivity (Wildman–Crippen MR) is 74.9 cm³/mol. The van der Waals surface area contributed by atoms with Crippen molar-refractivity contribution >= 4 is 17.6 Å². The number of carbonyl (C=O) groups is 2. The monoisotopic (exact) mass is 277 g/mol. The van der Waals surface area contributed by atoms with Gasteiger partial charge in [0.2, 0.25) is 5.91 Å². The standard InChI is InChI=1S/C15H19NO4/c1-19-13-8-7-11(15(18)20-2)9-12(13)16-14(17)10-5-3-4-6-10/h7-10H,3-6H2,1-2H3,(H,16,17). The normalized spacial score (nSPS) is 14.9. The lowest BCUT2D eigenvalue weighted by Crippen LogP contribution is -2.21. The summed E-state index contributed by atoms with van der Waals surface area (Å²) in [7, 11) is 2.85. The number of benzene rings is 1. The average molecular weight is 277 g/mol. The van der Waals surface area contributed by atoms with E-state index in [2.05, 4.69) is 10.1 Å². The van der Waals surface area contributed by atoms with Gasteiger partial charge in [-0.05, 0) is 31.0 Å². The molecular formula is C15H19NO4. The van der Waals surface area contributed by atoms with Gasteiger partial charge in [-0.25, -0.2) is 4.79 Å². The van der Waals surface area contributed by atoms with Crippen molar-refractivity contribution in [3.8, 4) is 5.75 Å². The van der Waals surface area contributed by atoms with E-state index in [1.165, 1.54) is 14.2 Å². The van der Waals surface area contributed by atoms with Gasteiger partial charge in [0, 0.05) is 5.92 Å². The Hall–Kier alpha value is -2.04. The number of hydrogen-bond acceptors (Lipinski definition) is 4. The maximum atomic E-state index is 12.2. The number of nitrogens with one attached hydrogen (secondary N) is 1. The van der Waals surface area contributed by atoms with Crippen molar-refractivity contribution in [3.05, 3.63) is 23.8 Å². The molecule has 0 bridgehead atoms. The van der Waals surface area contributed by atoms with E-state index in [9.17, 15) is 9.59 Å². The van der Waals surface area contributed by atoms with Gasteiger partial charge in [0.05, 0.1) is 25.5 Å². The number of esters is 1. The first-order valence-electron chi connectivity index (χ1n) is 6.73. The largest absolute Gasteiger partial charge is 0.495 e. The highest BCUT2D eigenvalue weighted by Gasteiger charge is 2.23. The first-order chi connectivity index (χ1) is 9.65. The topological polar surface area (TPSA) is 64.6 Å². The van der Waals surface area contributed by atoms with Gasteiger partial charge < -0.3 is 14.8 Å². The second-order valence-electron chi connectivity index (χ2n) is 4.88. The molecule has 1 fully saturated rings. The Morgan fingerprint density at radius 2 is 1.90 bits per heavy atom. The van der Waals surface area contributed by atoms with Gasteiger partial charge in [0.15, 0.2) is 0 Å². The zero-order chi connectivity index (χ0) is 14.5. The molecule has 0 atom stereocenters. The highest BCUT2D eigenvalue weighted by Crippen LogP contribution is 2.30. The molecule has 1 amide bonds. The van der Waals surface area contributed by atoms with Crippen LogP contribution in [0.5, 0.6) is 5.75 Å². The zero-order valence-corrected chi connectivity index (χ0v) is 11.8. The van der Waals surface area contributed by atoms with E-state index in [0.29, 0.717) is 17.0 Å². The molecule has 0 aromatic heterocycles. The van der Waals surface area contributed by atoms with Crippen LogP contribution in [0.25, 0.3) is 0 Å². The van der Waals surface area contributed by atoms with Crippen LogP contribution in [0.15, 0.2) is 18.2 Å². The second kappa shape index (κ2) is 6.41. The summed E-state index contributed by atoms with van der Waals surface area (Å²) in [6, 6.07) is 4.84. The fourth-order valence-corrected chi connectivity index (χ4v) is 2.47. The smallest absolute Gasteiger partial charge is 0.337 e. The predicted octanol–water partition coefficient (Wildman–Crippen LogP) is 2.61. The van der Waals surface area contributed by atoms with Crippen molar-refractivity contribution in [2.75, 3.05) is 19.5 Å². The highest BCUT2D eigenvalue weighted by atomic mass is 16.5. The summed E-state index contributed by atoms with van der Waals surface area (Å²) in [5, 5.41) is 2.85. The fourth-order valence-electron chi connectivity index (χ4n) is 2.47. The van der Waals surface area contributed by atoms with Crippen LogP contribution in [0, 0.1) is 5.92 Å². The summed E-state index contributed by atoms with van der Waals surface area (Å²) in [4.78, 5) is 23.7. The van der Waals surface area contributed by atoms with Gasteiger partial charge in [-0.2, -0.15) is 0 Å². The molecular weight excluding hydrogens is 258 g/mol. The van der Waals surface area contributed by atoms with Gasteiger partial charge in [-0.3, -0.25) is 4.79 Å². The SMILES string of the molecule is COC(=O)c1ccc(OC)c(NC(=O)C2CCCC2)c1. The van der Waals surface area contributed by atoms with E-state index in [1.54, 1.807) is 18.2 Å². The first kappa shape index (κ1) is 14.4. The van der Waals surface area contributed by atoms with Crippen molar-refractivity contribution in [1.82, 2.24) is 0 Å². The summed E-state index contributed by atoms with van der Waals surface area (Å²) >= 11 is 0. The number of hydrogen-bond donors (Lipinski definition) is 1. The van der Waals surface area contributed by atoms with Crippen LogP contribution < -0.4 is 10.1 Å². The Balaban J connectivity index is 2.19. The van der Waals surface area contributed by atoms with Gasteiger partial charge in [-0.1, -0.05) is 12.8 Å². The third-order valence-electron chi connectivity index (χ3n) is 3.60. The molecule has 0 saturated heterocycles. The molecule has 1 aliphatic carbocycles. The molecule has 1 N–H and O–H groups in total. The maximum Gasteiger partial charge on any atom is 0.337 e. The fraction of sp³-hybridized carbons (Fsp3) is 0.467. The van der Waals surface area contributed by atoms with Crippen LogP contribution >= 0.6 is 0 Å². The molecule has 0 radical (unpaired) electrons. The lowest BCUT2D eigenvalue weighted by Gasteiger charge is -2.14. The van der Waals surface area contributed by atoms with Crippen molar-refractivity contribution in [2.45, 2.75) is 25.7 Å². The second-order valence-corrected chi connectivity index (χ2v) is 4.88. The Morgan fingerprint density at radius 1 is 1.20 bits per heavy atom. The average Bonchev–Trinajstić information content (AvgIpc) is 3.00. The van der Waals surface area contributed by atoms with Crippen molar-refractivity contribution in [3.63, 3.8) is 0 Å². The van der Waals surface area contributed by atoms with Crippen LogP contribution in [0.2, 0.25) is 0 Å². The number of ether oxygens (including phenoxy) is 2. The first-order valence-corrected chi connectivity index (χ1v) is 6.73. The number of rotatable bonds is 4. The molecule has 2 rings (SSSR count). The molecule has 0 spiro atoms. The Kier molecular flexibility index (Phi) is 4.61. The van der Waals surface area contributed by atoms with Crippen LogP contribution in [-0.4, -0.2) is 26.1 Å². The minimum Gasteiger partial charge on any atom is -0.495 e. The zero-order valence-electron chi connectivity index (χ0n) is 11.8. The molecule has 108 valence electrons. The Labute approximate surface area is 118 Å². The van der Waals surface area contributed by atoms with E-state index in [-0.39, 0.29) is 11.8 Å². The third-order valence-corrected chi connectivity index (χ3v) is 3.60. The molecule has 1 aromatic rings. The van der Waals surface area contributed by atoms with E-state index in [0.717, 1.165) is 25.7 Å². The molecule has 5 nitrogen and oxygen atoms in total. The molecule has 1 saturated carbocycles. The highest BCUT2D eigenvalue weighted by molar-refractivity contribution is 5.97. The minimum absolute atomic E-state index is 0.0113. The summed E-state index contributed by atoms with van der Waals surface area (Å²) in [6.45, 7) is 0. The molecule has 0 heterocycles. The van der Waals surface area contributed by atoms with Crippen LogP contribution in [0.1, 0.15) is 36.0 Å². The summed E-state index contributed by atoms with van der Waals surface area (Å²) in [5.74, 6) is 0.136. The number of anilines is 1. The summed E-state index contributed by atoms with van der Waals surface area (Å²) in [6.07, 6.45) is 4.03. The Bertz CT molecular complexity index is 507. The minimum atomic E-state index is -0.441. The van der Waals surface area contributed by atoms with Crippen molar-refractivity contribution in [1.29, 1.82) is 0 Å². The van der Waals surface area contributed by atoms with Gasteiger partial charge in [0.25, 0.3) is 0 Å². The lowest BCUT2D eigenvalue weighted by molar-refractivity contribution is -0.119. The quantitative estimate of drug-likeness (QED) is 0.859. The Morgan fingerprint density at radius 3 is 2.50 bits per heavy atom. The van der Waals surface area contributed by atoms with Gasteiger partial charge >= 0.3 is 5.97 Å².